The van der Waals surface area contributed by atoms with Crippen molar-refractivity contribution in [3.63, 3.8) is 0 Å². The minimum absolute atomic E-state index is 0.117. The number of halogens is 2. The number of rotatable bonds is 6. The van der Waals surface area contributed by atoms with Crippen LogP contribution in [0, 0.1) is 5.82 Å². The third-order valence-corrected chi connectivity index (χ3v) is 3.39. The van der Waals surface area contributed by atoms with Crippen LogP contribution in [0.5, 0.6) is 0 Å². The van der Waals surface area contributed by atoms with Crippen LogP contribution in [-0.4, -0.2) is 12.6 Å². The summed E-state index contributed by atoms with van der Waals surface area (Å²) in [6.45, 7) is 5.23. The molecule has 1 aromatic rings. The van der Waals surface area contributed by atoms with Gasteiger partial charge in [-0.15, -0.1) is 0 Å². The molecule has 0 aromatic heterocycles. The van der Waals surface area contributed by atoms with E-state index in [1.54, 1.807) is 6.07 Å². The van der Waals surface area contributed by atoms with Crippen molar-refractivity contribution in [2.75, 3.05) is 6.54 Å². The molecule has 0 spiro atoms. The van der Waals surface area contributed by atoms with E-state index in [9.17, 15) is 4.39 Å². The molecular formula is C13H19BrFN. The Hall–Kier alpha value is -0.410. The number of aryl methyl sites for hydroxylation is 1. The summed E-state index contributed by atoms with van der Waals surface area (Å²) in [4.78, 5) is 0. The molecule has 3 heteroatoms. The molecule has 90 valence electrons. The molecule has 0 saturated heterocycles. The van der Waals surface area contributed by atoms with E-state index in [4.69, 9.17) is 0 Å². The highest BCUT2D eigenvalue weighted by molar-refractivity contribution is 9.10. The van der Waals surface area contributed by atoms with E-state index < -0.39 is 0 Å². The van der Waals surface area contributed by atoms with Crippen LogP contribution in [0.1, 0.15) is 32.3 Å². The van der Waals surface area contributed by atoms with Gasteiger partial charge in [-0.2, -0.15) is 0 Å². The van der Waals surface area contributed by atoms with E-state index >= 15 is 0 Å². The van der Waals surface area contributed by atoms with Crippen molar-refractivity contribution >= 4 is 15.9 Å². The molecular weight excluding hydrogens is 269 g/mol. The van der Waals surface area contributed by atoms with Gasteiger partial charge in [0.05, 0.1) is 4.47 Å². The SMILES string of the molecule is CCNC(CC)CCc1cccc(Br)c1F. The van der Waals surface area contributed by atoms with E-state index in [1.165, 1.54) is 0 Å². The molecule has 16 heavy (non-hydrogen) atoms. The van der Waals surface area contributed by atoms with Gasteiger partial charge in [0, 0.05) is 6.04 Å². The van der Waals surface area contributed by atoms with Gasteiger partial charge in [0.25, 0.3) is 0 Å². The highest BCUT2D eigenvalue weighted by Crippen LogP contribution is 2.20. The summed E-state index contributed by atoms with van der Waals surface area (Å²) in [5.74, 6) is -0.117. The van der Waals surface area contributed by atoms with Crippen molar-refractivity contribution in [3.05, 3.63) is 34.1 Å². The summed E-state index contributed by atoms with van der Waals surface area (Å²) in [5, 5.41) is 3.40. The van der Waals surface area contributed by atoms with Gasteiger partial charge in [0.2, 0.25) is 0 Å². The Morgan fingerprint density at radius 3 is 2.75 bits per heavy atom. The van der Waals surface area contributed by atoms with Crippen molar-refractivity contribution in [2.45, 2.75) is 39.2 Å². The monoisotopic (exact) mass is 287 g/mol. The molecule has 1 aromatic carbocycles. The van der Waals surface area contributed by atoms with Crippen LogP contribution in [0.25, 0.3) is 0 Å². The second kappa shape index (κ2) is 7.02. The maximum absolute atomic E-state index is 13.7. The van der Waals surface area contributed by atoms with Gasteiger partial charge in [0.1, 0.15) is 5.82 Å². The molecule has 0 heterocycles. The average molecular weight is 288 g/mol. The molecule has 0 radical (unpaired) electrons. The quantitative estimate of drug-likeness (QED) is 0.837. The van der Waals surface area contributed by atoms with E-state index in [-0.39, 0.29) is 5.82 Å². The topological polar surface area (TPSA) is 12.0 Å². The minimum atomic E-state index is -0.117. The Morgan fingerprint density at radius 2 is 2.12 bits per heavy atom. The molecule has 1 rings (SSSR count). The van der Waals surface area contributed by atoms with Crippen LogP contribution < -0.4 is 5.32 Å². The summed E-state index contributed by atoms with van der Waals surface area (Å²) in [7, 11) is 0. The van der Waals surface area contributed by atoms with E-state index in [1.807, 2.05) is 12.1 Å². The average Bonchev–Trinajstić information content (AvgIpc) is 2.29. The van der Waals surface area contributed by atoms with Gasteiger partial charge >= 0.3 is 0 Å². The van der Waals surface area contributed by atoms with Crippen molar-refractivity contribution in [3.8, 4) is 0 Å². The molecule has 0 aliphatic heterocycles. The van der Waals surface area contributed by atoms with Crippen molar-refractivity contribution < 1.29 is 4.39 Å². The number of nitrogens with one attached hydrogen (secondary N) is 1. The number of hydrogen-bond donors (Lipinski definition) is 1. The van der Waals surface area contributed by atoms with Gasteiger partial charge in [-0.05, 0) is 53.4 Å². The summed E-state index contributed by atoms with van der Waals surface area (Å²) in [5.41, 5.74) is 0.797. The number of benzene rings is 1. The van der Waals surface area contributed by atoms with Gasteiger partial charge in [-0.25, -0.2) is 4.39 Å². The first-order valence-electron chi connectivity index (χ1n) is 5.85. The van der Waals surface area contributed by atoms with Crippen LogP contribution in [0.15, 0.2) is 22.7 Å². The largest absolute Gasteiger partial charge is 0.314 e. The lowest BCUT2D eigenvalue weighted by atomic mass is 10.0. The Morgan fingerprint density at radius 1 is 1.38 bits per heavy atom. The first-order valence-corrected chi connectivity index (χ1v) is 6.64. The highest BCUT2D eigenvalue weighted by atomic mass is 79.9. The van der Waals surface area contributed by atoms with Crippen LogP contribution >= 0.6 is 15.9 Å². The van der Waals surface area contributed by atoms with Gasteiger partial charge < -0.3 is 5.32 Å². The summed E-state index contributed by atoms with van der Waals surface area (Å²) < 4.78 is 14.2. The lowest BCUT2D eigenvalue weighted by molar-refractivity contribution is 0.475. The fourth-order valence-electron chi connectivity index (χ4n) is 1.81. The summed E-state index contributed by atoms with van der Waals surface area (Å²) in [6, 6.07) is 5.97. The van der Waals surface area contributed by atoms with Crippen molar-refractivity contribution in [1.29, 1.82) is 0 Å². The van der Waals surface area contributed by atoms with Crippen LogP contribution in [0.2, 0.25) is 0 Å². The highest BCUT2D eigenvalue weighted by Gasteiger charge is 2.09. The third kappa shape index (κ3) is 3.87. The standard InChI is InChI=1S/C13H19BrFN/c1-3-11(16-4-2)9-8-10-6-5-7-12(14)13(10)15/h5-7,11,16H,3-4,8-9H2,1-2H3. The molecule has 1 N–H and O–H groups in total. The first kappa shape index (κ1) is 13.7. The zero-order valence-electron chi connectivity index (χ0n) is 9.89. The minimum Gasteiger partial charge on any atom is -0.314 e. The molecule has 0 amide bonds. The Balaban J connectivity index is 2.56. The van der Waals surface area contributed by atoms with Crippen LogP contribution in [0.3, 0.4) is 0 Å². The Kier molecular flexibility index (Phi) is 5.99. The normalized spacial score (nSPS) is 12.8. The number of hydrogen-bond acceptors (Lipinski definition) is 1. The molecule has 0 saturated carbocycles. The molecule has 0 aliphatic rings. The molecule has 1 atom stereocenters. The van der Waals surface area contributed by atoms with E-state index in [0.29, 0.717) is 10.5 Å². The summed E-state index contributed by atoms with van der Waals surface area (Å²) in [6.07, 6.45) is 2.86. The van der Waals surface area contributed by atoms with Gasteiger partial charge in [-0.3, -0.25) is 0 Å². The Labute approximate surface area is 106 Å². The first-order chi connectivity index (χ1) is 7.69. The van der Waals surface area contributed by atoms with E-state index in [2.05, 4.69) is 35.1 Å². The zero-order chi connectivity index (χ0) is 12.0. The molecule has 1 unspecified atom stereocenters. The lowest BCUT2D eigenvalue weighted by Crippen LogP contribution is -2.28. The summed E-state index contributed by atoms with van der Waals surface area (Å²) >= 11 is 3.21. The fraction of sp³-hybridized carbons (Fsp3) is 0.538. The van der Waals surface area contributed by atoms with Crippen LogP contribution in [0.4, 0.5) is 4.39 Å². The predicted molar refractivity (Wildman–Crippen MR) is 70.2 cm³/mol. The predicted octanol–water partition coefficient (Wildman–Crippen LogP) is 3.91. The maximum Gasteiger partial charge on any atom is 0.140 e. The Bertz CT molecular complexity index is 328. The second-order valence-corrected chi connectivity index (χ2v) is 4.77. The smallest absolute Gasteiger partial charge is 0.140 e. The molecule has 1 nitrogen and oxygen atoms in total. The maximum atomic E-state index is 13.7. The third-order valence-electron chi connectivity index (χ3n) is 2.78. The van der Waals surface area contributed by atoms with Crippen molar-refractivity contribution in [1.82, 2.24) is 5.32 Å². The lowest BCUT2D eigenvalue weighted by Gasteiger charge is -2.15. The van der Waals surface area contributed by atoms with Gasteiger partial charge in [0.15, 0.2) is 0 Å². The molecule has 0 aliphatic carbocycles. The van der Waals surface area contributed by atoms with E-state index in [0.717, 1.165) is 31.4 Å². The molecule has 0 bridgehead atoms. The fourth-order valence-corrected chi connectivity index (χ4v) is 2.22. The zero-order valence-corrected chi connectivity index (χ0v) is 11.5. The molecule has 0 fully saturated rings. The second-order valence-electron chi connectivity index (χ2n) is 3.91. The van der Waals surface area contributed by atoms with Crippen molar-refractivity contribution in [2.24, 2.45) is 0 Å². The van der Waals surface area contributed by atoms with Gasteiger partial charge in [-0.1, -0.05) is 26.0 Å². The van der Waals surface area contributed by atoms with Crippen LogP contribution in [-0.2, 0) is 6.42 Å².